The Morgan fingerprint density at radius 3 is 2.34 bits per heavy atom. The molecule has 0 saturated carbocycles. The van der Waals surface area contributed by atoms with Gasteiger partial charge in [-0.05, 0) is 94.3 Å². The van der Waals surface area contributed by atoms with E-state index in [9.17, 15) is 14.7 Å². The Hall–Kier alpha value is -5.94. The Morgan fingerprint density at radius 2 is 1.63 bits per heavy atom. The number of aromatic nitrogens is 2. The van der Waals surface area contributed by atoms with Crippen molar-refractivity contribution in [1.29, 1.82) is 0 Å². The van der Waals surface area contributed by atoms with Crippen LogP contribution in [0.5, 0.6) is 17.2 Å². The van der Waals surface area contributed by atoms with E-state index in [0.29, 0.717) is 53.5 Å². The molecule has 1 aromatic heterocycles. The fraction of sp³-hybridized carbons (Fsp3) is 0.234. The lowest BCUT2D eigenvalue weighted by molar-refractivity contribution is -0.143. The van der Waals surface area contributed by atoms with Gasteiger partial charge in [0.2, 0.25) is 5.91 Å². The summed E-state index contributed by atoms with van der Waals surface area (Å²) in [4.78, 5) is 29.2. The van der Waals surface area contributed by atoms with Crippen LogP contribution in [0.2, 0.25) is 10.0 Å². The van der Waals surface area contributed by atoms with Gasteiger partial charge in [-0.15, -0.1) is 0 Å². The average Bonchev–Trinajstić information content (AvgIpc) is 3.26. The maximum Gasteiger partial charge on any atom is 0.326 e. The van der Waals surface area contributed by atoms with Crippen molar-refractivity contribution in [2.45, 2.75) is 63.6 Å². The van der Waals surface area contributed by atoms with Gasteiger partial charge in [0.25, 0.3) is 0 Å². The first-order valence-electron chi connectivity index (χ1n) is 19.5. The number of halogens is 2. The third-order valence-electron chi connectivity index (χ3n) is 10.9. The molecule has 59 heavy (non-hydrogen) atoms. The van der Waals surface area contributed by atoms with Crippen molar-refractivity contribution in [3.8, 4) is 28.4 Å². The molecular formula is C47H42Cl2N4O6. The molecule has 0 fully saturated rings. The highest BCUT2D eigenvalue weighted by molar-refractivity contribution is 6.42. The van der Waals surface area contributed by atoms with Crippen LogP contribution in [0.4, 0.5) is 0 Å². The van der Waals surface area contributed by atoms with Crippen LogP contribution in [0.1, 0.15) is 58.9 Å². The van der Waals surface area contributed by atoms with E-state index in [1.165, 1.54) is 0 Å². The third kappa shape index (κ3) is 9.20. The van der Waals surface area contributed by atoms with E-state index in [1.54, 1.807) is 24.5 Å². The first-order valence-corrected chi connectivity index (χ1v) is 20.3. The first kappa shape index (κ1) is 39.9. The largest absolute Gasteiger partial charge is 0.489 e. The Bertz CT molecular complexity index is 2420. The topological polar surface area (TPSA) is 123 Å². The summed E-state index contributed by atoms with van der Waals surface area (Å²) in [5, 5.41) is 22.0. The van der Waals surface area contributed by atoms with Crippen LogP contribution in [0.3, 0.4) is 0 Å². The molecule has 6 aromatic rings. The molecule has 1 unspecified atom stereocenters. The molecule has 2 N–H and O–H groups in total. The first-order chi connectivity index (χ1) is 28.7. The lowest BCUT2D eigenvalue weighted by Crippen LogP contribution is -2.55. The maximum absolute atomic E-state index is 14.4. The second-order valence-corrected chi connectivity index (χ2v) is 15.6. The number of hydrogen-bond acceptors (Lipinski definition) is 8. The number of rotatable bonds is 13. The number of nitrogens with one attached hydrogen (secondary N) is 1. The van der Waals surface area contributed by atoms with Gasteiger partial charge in [0.05, 0.1) is 28.5 Å². The van der Waals surface area contributed by atoms with Crippen LogP contribution < -0.4 is 19.5 Å². The van der Waals surface area contributed by atoms with Gasteiger partial charge in [-0.2, -0.15) is 10.2 Å². The lowest BCUT2D eigenvalue weighted by atomic mass is 9.89. The summed E-state index contributed by atoms with van der Waals surface area (Å²) in [5.74, 6) is 0.512. The Morgan fingerprint density at radius 1 is 0.864 bits per heavy atom. The van der Waals surface area contributed by atoms with E-state index in [4.69, 9.17) is 37.4 Å². The van der Waals surface area contributed by atoms with Gasteiger partial charge in [-0.1, -0.05) is 103 Å². The highest BCUT2D eigenvalue weighted by Gasteiger charge is 2.38. The second-order valence-electron chi connectivity index (χ2n) is 14.7. The zero-order valence-electron chi connectivity index (χ0n) is 32.3. The number of aliphatic carboxylic acids is 1. The van der Waals surface area contributed by atoms with Crippen LogP contribution in [-0.4, -0.2) is 50.8 Å². The molecule has 1 amide bonds. The number of ether oxygens (including phenoxy) is 3. The van der Waals surface area contributed by atoms with Gasteiger partial charge in [-0.25, -0.2) is 4.79 Å². The van der Waals surface area contributed by atoms with E-state index >= 15 is 0 Å². The van der Waals surface area contributed by atoms with E-state index in [-0.39, 0.29) is 24.5 Å². The number of amides is 1. The molecule has 5 aromatic carbocycles. The van der Waals surface area contributed by atoms with Crippen molar-refractivity contribution in [1.82, 2.24) is 20.4 Å². The number of carbonyl (C=O) groups is 2. The highest BCUT2D eigenvalue weighted by atomic mass is 35.5. The molecule has 8 rings (SSSR count). The van der Waals surface area contributed by atoms with Gasteiger partial charge < -0.3 is 24.6 Å². The summed E-state index contributed by atoms with van der Waals surface area (Å²) >= 11 is 12.2. The molecule has 0 radical (unpaired) electrons. The number of hydrogen-bond donors (Lipinski definition) is 2. The summed E-state index contributed by atoms with van der Waals surface area (Å²) in [5.41, 5.74) is 7.55. The second kappa shape index (κ2) is 17.9. The fourth-order valence-electron chi connectivity index (χ4n) is 7.82. The summed E-state index contributed by atoms with van der Waals surface area (Å²) in [6.07, 6.45) is 4.20. The van der Waals surface area contributed by atoms with E-state index in [1.807, 2.05) is 91.0 Å². The van der Waals surface area contributed by atoms with Gasteiger partial charge in [-0.3, -0.25) is 9.69 Å². The zero-order valence-corrected chi connectivity index (χ0v) is 33.8. The van der Waals surface area contributed by atoms with Crippen molar-refractivity contribution in [2.75, 3.05) is 6.61 Å². The van der Waals surface area contributed by atoms with Crippen LogP contribution in [0.25, 0.3) is 11.1 Å². The van der Waals surface area contributed by atoms with Crippen molar-refractivity contribution in [2.24, 2.45) is 0 Å². The van der Waals surface area contributed by atoms with Gasteiger partial charge in [0.1, 0.15) is 25.0 Å². The van der Waals surface area contributed by atoms with Gasteiger partial charge >= 0.3 is 5.97 Å². The molecule has 0 saturated heterocycles. The molecular weight excluding hydrogens is 787 g/mol. The molecule has 300 valence electrons. The fourth-order valence-corrected chi connectivity index (χ4v) is 8.14. The smallest absolute Gasteiger partial charge is 0.326 e. The van der Waals surface area contributed by atoms with Crippen molar-refractivity contribution < 1.29 is 28.9 Å². The third-order valence-corrected chi connectivity index (χ3v) is 11.7. The van der Waals surface area contributed by atoms with Crippen LogP contribution in [-0.2, 0) is 35.6 Å². The van der Waals surface area contributed by atoms with Crippen molar-refractivity contribution >= 4 is 35.1 Å². The molecule has 10 nitrogen and oxygen atoms in total. The highest BCUT2D eigenvalue weighted by Crippen LogP contribution is 2.42. The number of carbonyl (C=O) groups excluding carboxylic acids is 1. The van der Waals surface area contributed by atoms with E-state index in [0.717, 1.165) is 50.9 Å². The van der Waals surface area contributed by atoms with Crippen LogP contribution in [0, 0.1) is 0 Å². The SMILES string of the molecule is CC[C@@H](c1ccccc1)N1Cc2cc3c(cc2C[C@H]1C(=O)NC(Cc1ccc(-c2ccnnc2)cc1)C(=O)O)OC[C@H](c1ccc(OCc2ccc(Cl)c(Cl)c2)cc1)O3. The van der Waals surface area contributed by atoms with E-state index < -0.39 is 18.1 Å². The monoisotopic (exact) mass is 828 g/mol. The van der Waals surface area contributed by atoms with Crippen LogP contribution in [0.15, 0.2) is 128 Å². The minimum absolute atomic E-state index is 0.100. The van der Waals surface area contributed by atoms with Crippen molar-refractivity contribution in [3.05, 3.63) is 171 Å². The predicted octanol–water partition coefficient (Wildman–Crippen LogP) is 9.23. The molecule has 12 heteroatoms. The quantitative estimate of drug-likeness (QED) is 0.117. The molecule has 3 heterocycles. The normalized spacial score (nSPS) is 17.0. The van der Waals surface area contributed by atoms with Crippen molar-refractivity contribution in [3.63, 3.8) is 0 Å². The predicted molar refractivity (Wildman–Crippen MR) is 226 cm³/mol. The minimum Gasteiger partial charge on any atom is -0.489 e. The zero-order chi connectivity index (χ0) is 40.9. The Kier molecular flexibility index (Phi) is 12.1. The molecule has 0 bridgehead atoms. The number of fused-ring (bicyclic) bond motifs is 2. The van der Waals surface area contributed by atoms with Crippen LogP contribution >= 0.6 is 23.2 Å². The minimum atomic E-state index is -1.13. The molecule has 2 aliphatic rings. The van der Waals surface area contributed by atoms with Gasteiger partial charge in [0, 0.05) is 24.6 Å². The molecule has 0 spiro atoms. The Balaban J connectivity index is 0.992. The summed E-state index contributed by atoms with van der Waals surface area (Å²) < 4.78 is 18.8. The standard InChI is InChI=1S/C47H42Cl2N4O6/c1-2-41(32-6-4-3-5-7-32)53-26-36-24-44-43(58-28-45(59-44)33-13-15-37(16-14-33)57-27-30-10-17-38(48)39(49)20-30)23-35(36)22-42(53)46(54)52-40(47(55)56)21-29-8-11-31(12-9-29)34-18-19-50-51-25-34/h3-20,23-25,40-42,45H,2,21-22,26-28H2,1H3,(H,52,54)(H,55,56)/t40?,41-,42-,45+/m0/s1. The summed E-state index contributed by atoms with van der Waals surface area (Å²) in [6, 6.07) is 34.9. The number of nitrogens with zero attached hydrogens (tertiary/aromatic N) is 3. The summed E-state index contributed by atoms with van der Waals surface area (Å²) in [6.45, 7) is 3.21. The molecule has 2 aliphatic heterocycles. The lowest BCUT2D eigenvalue weighted by Gasteiger charge is -2.42. The molecule has 0 aliphatic carbocycles. The number of benzene rings is 5. The Labute approximate surface area is 352 Å². The molecule has 4 atom stereocenters. The number of carboxylic acid groups (broad SMARTS) is 1. The average molecular weight is 830 g/mol. The summed E-state index contributed by atoms with van der Waals surface area (Å²) in [7, 11) is 0. The number of carboxylic acids is 1. The van der Waals surface area contributed by atoms with Gasteiger partial charge in [0.15, 0.2) is 17.6 Å². The van der Waals surface area contributed by atoms with E-state index in [2.05, 4.69) is 39.5 Å². The maximum atomic E-state index is 14.4.